The Balaban J connectivity index is 0.000000241. The predicted molar refractivity (Wildman–Crippen MR) is 157 cm³/mol. The van der Waals surface area contributed by atoms with Gasteiger partial charge in [-0.25, -0.2) is 14.1 Å². The van der Waals surface area contributed by atoms with Crippen molar-refractivity contribution in [1.29, 1.82) is 0 Å². The third kappa shape index (κ3) is 7.78. The number of hydrogen-bond donors (Lipinski definition) is 0. The number of rotatable bonds is 8. The van der Waals surface area contributed by atoms with Crippen molar-refractivity contribution in [1.82, 2.24) is 0 Å². The van der Waals surface area contributed by atoms with Crippen LogP contribution in [0.3, 0.4) is 0 Å². The van der Waals surface area contributed by atoms with Crippen molar-refractivity contribution in [2.75, 3.05) is 35.9 Å². The first kappa shape index (κ1) is 32.4. The molecule has 11 heteroatoms. The molecule has 3 amide bonds. The van der Waals surface area contributed by atoms with Gasteiger partial charge in [-0.05, 0) is 76.1 Å². The summed E-state index contributed by atoms with van der Waals surface area (Å²) < 4.78 is 30.1. The molecule has 1 saturated carbocycles. The molecule has 41 heavy (non-hydrogen) atoms. The summed E-state index contributed by atoms with van der Waals surface area (Å²) in [6, 6.07) is 8.28. The number of imide groups is 1. The van der Waals surface area contributed by atoms with Gasteiger partial charge in [0.1, 0.15) is 17.4 Å². The predicted octanol–water partition coefficient (Wildman–Crippen LogP) is 7.10. The van der Waals surface area contributed by atoms with Crippen molar-refractivity contribution in [2.24, 2.45) is 0 Å². The number of aryl methyl sites for hydroxylation is 2. The van der Waals surface area contributed by atoms with Gasteiger partial charge in [0.15, 0.2) is 5.76 Å². The maximum Gasteiger partial charge on any atom is 0.427 e. The van der Waals surface area contributed by atoms with Crippen molar-refractivity contribution in [3.05, 3.63) is 63.6 Å². The Morgan fingerprint density at radius 3 is 2.32 bits per heavy atom. The van der Waals surface area contributed by atoms with Crippen LogP contribution in [0.2, 0.25) is 5.02 Å². The summed E-state index contributed by atoms with van der Waals surface area (Å²) in [5, 5.41) is 0.102. The molecule has 2 aromatic rings. The number of allylic oxidation sites excluding steroid dienone is 1. The lowest BCUT2D eigenvalue weighted by molar-refractivity contribution is -0.116. The van der Waals surface area contributed by atoms with E-state index in [-0.39, 0.29) is 40.1 Å². The summed E-state index contributed by atoms with van der Waals surface area (Å²) in [6.45, 7) is 8.27. The fraction of sp³-hybridized carbons (Fsp3) is 0.433. The number of carbonyl (C=O) groups is 3. The molecule has 2 fully saturated rings. The smallest absolute Gasteiger partial charge is 0.427 e. The average molecular weight is 610 g/mol. The van der Waals surface area contributed by atoms with Crippen LogP contribution in [0.1, 0.15) is 50.7 Å². The molecule has 0 N–H and O–H groups in total. The lowest BCUT2D eigenvalue weighted by Crippen LogP contribution is -2.35. The Morgan fingerprint density at radius 1 is 1.15 bits per heavy atom. The van der Waals surface area contributed by atoms with Gasteiger partial charge in [-0.2, -0.15) is 0 Å². The lowest BCUT2D eigenvalue weighted by Gasteiger charge is -2.25. The van der Waals surface area contributed by atoms with E-state index in [1.165, 1.54) is 6.07 Å². The molecule has 0 unspecified atom stereocenters. The molecule has 4 rings (SSSR count). The number of anilines is 2. The Bertz CT molecular complexity index is 1300. The van der Waals surface area contributed by atoms with Gasteiger partial charge in [-0.3, -0.25) is 9.59 Å². The minimum atomic E-state index is -0.941. The highest BCUT2D eigenvalue weighted by Crippen LogP contribution is 2.37. The second-order valence-corrected chi connectivity index (χ2v) is 10.7. The molecule has 0 atom stereocenters. The highest BCUT2D eigenvalue weighted by Gasteiger charge is 2.40. The number of alkyl halides is 1. The maximum atomic E-state index is 14.3. The van der Waals surface area contributed by atoms with Crippen LogP contribution in [0.25, 0.3) is 0 Å². The van der Waals surface area contributed by atoms with Gasteiger partial charge in [0.05, 0.1) is 23.4 Å². The number of nitrogens with zero attached hydrogens (tertiary/aromatic N) is 2. The zero-order valence-corrected chi connectivity index (χ0v) is 25.4. The van der Waals surface area contributed by atoms with E-state index in [1.807, 2.05) is 32.0 Å². The molecule has 0 bridgehead atoms. The average Bonchev–Trinajstić information content (AvgIpc) is 3.54. The summed E-state index contributed by atoms with van der Waals surface area (Å²) in [6.07, 6.45) is 3.00. The molecule has 2 aromatic carbocycles. The van der Waals surface area contributed by atoms with Crippen molar-refractivity contribution < 1.29 is 33.0 Å². The number of benzene rings is 2. The van der Waals surface area contributed by atoms with Crippen LogP contribution in [0.15, 0.2) is 41.7 Å². The lowest BCUT2D eigenvalue weighted by atomic mass is 10.1. The molecule has 222 valence electrons. The number of para-hydroxylation sites is 1. The number of amides is 3. The van der Waals surface area contributed by atoms with E-state index in [2.05, 4.69) is 0 Å². The van der Waals surface area contributed by atoms with Gasteiger partial charge < -0.3 is 19.1 Å². The van der Waals surface area contributed by atoms with Gasteiger partial charge in [0, 0.05) is 25.4 Å². The molecule has 0 radical (unpaired) electrons. The minimum Gasteiger partial charge on any atom is -0.489 e. The first-order valence-electron chi connectivity index (χ1n) is 13.3. The summed E-state index contributed by atoms with van der Waals surface area (Å²) in [7, 11) is 1.62. The van der Waals surface area contributed by atoms with E-state index in [0.29, 0.717) is 23.6 Å². The van der Waals surface area contributed by atoms with Gasteiger partial charge in [-0.15, -0.1) is 11.6 Å². The van der Waals surface area contributed by atoms with Gasteiger partial charge in [-0.1, -0.05) is 29.8 Å². The maximum absolute atomic E-state index is 14.3. The van der Waals surface area contributed by atoms with Crippen molar-refractivity contribution in [3.63, 3.8) is 0 Å². The SMILES string of the molecule is CC(C)=C1OC(=O)N(c2cc(OC3CCCC3)c(Cl)cc2F)C1=O.COCCN(C(=O)CCl)c1c(C)cccc1C. The number of cyclic esters (lactones) is 1. The largest absolute Gasteiger partial charge is 0.489 e. The minimum absolute atomic E-state index is 0.00962. The molecule has 0 aromatic heterocycles. The number of halogens is 3. The molecular weight excluding hydrogens is 574 g/mol. The fourth-order valence-electron chi connectivity index (χ4n) is 4.70. The van der Waals surface area contributed by atoms with E-state index < -0.39 is 17.8 Å². The normalized spacial score (nSPS) is 15.0. The van der Waals surface area contributed by atoms with Crippen LogP contribution in [-0.2, 0) is 19.1 Å². The topological polar surface area (TPSA) is 85.4 Å². The van der Waals surface area contributed by atoms with Crippen LogP contribution in [0.4, 0.5) is 20.6 Å². The van der Waals surface area contributed by atoms with E-state index >= 15 is 0 Å². The van der Waals surface area contributed by atoms with Gasteiger partial charge >= 0.3 is 12.0 Å². The standard InChI is InChI=1S/C17H17ClFNO4.C13H18ClNO2/c1-9(2)15-16(21)20(17(22)24-15)13-8-14(11(18)7-12(13)19)23-10-5-3-4-6-10;1-10-5-4-6-11(2)13(10)15(7-8-17-3)12(16)9-14/h7-8,10H,3-6H2,1-2H3;4-6H,7-9H2,1-3H3. The highest BCUT2D eigenvalue weighted by molar-refractivity contribution is 6.32. The molecular formula is C30H35Cl2FN2O6. The fourth-order valence-corrected chi connectivity index (χ4v) is 5.04. The zero-order chi connectivity index (χ0) is 30.3. The summed E-state index contributed by atoms with van der Waals surface area (Å²) in [5.41, 5.74) is 3.39. The van der Waals surface area contributed by atoms with Gasteiger partial charge in [0.25, 0.3) is 0 Å². The van der Waals surface area contributed by atoms with E-state index in [9.17, 15) is 18.8 Å². The molecule has 1 aliphatic heterocycles. The van der Waals surface area contributed by atoms with Crippen molar-refractivity contribution in [2.45, 2.75) is 59.5 Å². The molecule has 8 nitrogen and oxygen atoms in total. The third-order valence-corrected chi connectivity index (χ3v) is 7.23. The van der Waals surface area contributed by atoms with Crippen molar-refractivity contribution >= 4 is 52.5 Å². The Kier molecular flexibility index (Phi) is 11.6. The molecule has 1 aliphatic carbocycles. The van der Waals surface area contributed by atoms with Crippen LogP contribution in [0.5, 0.6) is 5.75 Å². The van der Waals surface area contributed by atoms with Crippen LogP contribution in [0, 0.1) is 19.7 Å². The Morgan fingerprint density at radius 2 is 1.78 bits per heavy atom. The van der Waals surface area contributed by atoms with Crippen LogP contribution < -0.4 is 14.5 Å². The van der Waals surface area contributed by atoms with E-state index in [4.69, 9.17) is 37.4 Å². The van der Waals surface area contributed by atoms with E-state index in [1.54, 1.807) is 25.9 Å². The number of ether oxygens (including phenoxy) is 3. The van der Waals surface area contributed by atoms with Crippen LogP contribution in [-0.4, -0.2) is 50.2 Å². The Hall–Kier alpha value is -3.14. The second kappa shape index (κ2) is 14.7. The molecule has 1 heterocycles. The number of carbonyl (C=O) groups excluding carboxylic acids is 3. The number of methoxy groups -OCH3 is 1. The van der Waals surface area contributed by atoms with Gasteiger partial charge in [0.2, 0.25) is 5.91 Å². The van der Waals surface area contributed by atoms with Crippen molar-refractivity contribution in [3.8, 4) is 5.75 Å². The summed E-state index contributed by atoms with van der Waals surface area (Å²) in [5.74, 6) is -1.44. The van der Waals surface area contributed by atoms with Crippen LogP contribution >= 0.6 is 23.2 Å². The zero-order valence-electron chi connectivity index (χ0n) is 23.9. The third-order valence-electron chi connectivity index (χ3n) is 6.71. The molecule has 2 aliphatic rings. The summed E-state index contributed by atoms with van der Waals surface area (Å²) in [4.78, 5) is 38.6. The molecule has 0 spiro atoms. The van der Waals surface area contributed by atoms with E-state index in [0.717, 1.165) is 48.6 Å². The Labute approximate surface area is 249 Å². The summed E-state index contributed by atoms with van der Waals surface area (Å²) >= 11 is 11.7. The number of hydrogen-bond acceptors (Lipinski definition) is 6. The first-order chi connectivity index (χ1) is 19.5. The monoisotopic (exact) mass is 608 g/mol. The molecule has 1 saturated heterocycles. The highest BCUT2D eigenvalue weighted by atomic mass is 35.5. The first-order valence-corrected chi connectivity index (χ1v) is 14.2. The second-order valence-electron chi connectivity index (χ2n) is 10.0. The quantitative estimate of drug-likeness (QED) is 0.235.